The van der Waals surface area contributed by atoms with Crippen LogP contribution in [0.25, 0.3) is 22.0 Å². The number of nitriles is 1. The number of hydrogen-bond acceptors (Lipinski definition) is 4. The summed E-state index contributed by atoms with van der Waals surface area (Å²) >= 11 is 6.53. The standard InChI is InChI=1S/C24H26ClN5O/c1-14-8-22-18(9-16(14)10-26)20(19-11-28-12-21(27)23(19)25)13-30(22)17-6-4-15(5-7-17)24(31)29(2)3/h8-9,11-13,15,17H,4-7,27H2,1-3H3/t15-,17-. The molecule has 1 amide bonds. The van der Waals surface area contributed by atoms with Gasteiger partial charge < -0.3 is 15.2 Å². The molecule has 160 valence electrons. The van der Waals surface area contributed by atoms with Gasteiger partial charge in [0, 0.05) is 60.5 Å². The topological polar surface area (TPSA) is 87.9 Å². The quantitative estimate of drug-likeness (QED) is 0.631. The van der Waals surface area contributed by atoms with Gasteiger partial charge in [-0.2, -0.15) is 5.26 Å². The first-order valence-electron chi connectivity index (χ1n) is 10.5. The normalized spacial score (nSPS) is 18.7. The van der Waals surface area contributed by atoms with Crippen LogP contribution in [-0.4, -0.2) is 34.5 Å². The van der Waals surface area contributed by atoms with Crippen LogP contribution in [0.15, 0.2) is 30.7 Å². The monoisotopic (exact) mass is 435 g/mol. The van der Waals surface area contributed by atoms with Gasteiger partial charge in [-0.1, -0.05) is 11.6 Å². The van der Waals surface area contributed by atoms with E-state index in [2.05, 4.69) is 27.9 Å². The predicted molar refractivity (Wildman–Crippen MR) is 124 cm³/mol. The second kappa shape index (κ2) is 8.24. The van der Waals surface area contributed by atoms with Crippen molar-refractivity contribution in [3.63, 3.8) is 0 Å². The zero-order valence-electron chi connectivity index (χ0n) is 18.0. The fourth-order valence-corrected chi connectivity index (χ4v) is 4.85. The van der Waals surface area contributed by atoms with Crippen molar-refractivity contribution in [1.82, 2.24) is 14.5 Å². The second-order valence-electron chi connectivity index (χ2n) is 8.57. The molecule has 2 N–H and O–H groups in total. The summed E-state index contributed by atoms with van der Waals surface area (Å²) in [6, 6.07) is 6.56. The fourth-order valence-electron chi connectivity index (χ4n) is 4.65. The number of fused-ring (bicyclic) bond motifs is 1. The Kier molecular flexibility index (Phi) is 5.63. The minimum absolute atomic E-state index is 0.0899. The number of nitrogen functional groups attached to an aromatic ring is 1. The summed E-state index contributed by atoms with van der Waals surface area (Å²) in [5.41, 5.74) is 10.8. The number of carbonyl (C=O) groups is 1. The van der Waals surface area contributed by atoms with Crippen molar-refractivity contribution in [3.05, 3.63) is 46.9 Å². The third-order valence-corrected chi connectivity index (χ3v) is 6.80. The van der Waals surface area contributed by atoms with Crippen molar-refractivity contribution in [2.24, 2.45) is 5.92 Å². The lowest BCUT2D eigenvalue weighted by molar-refractivity contribution is -0.134. The molecule has 0 unspecified atom stereocenters. The van der Waals surface area contributed by atoms with Crippen LogP contribution >= 0.6 is 11.6 Å². The van der Waals surface area contributed by atoms with Gasteiger partial charge in [0.05, 0.1) is 28.5 Å². The van der Waals surface area contributed by atoms with E-state index in [-0.39, 0.29) is 17.9 Å². The lowest BCUT2D eigenvalue weighted by atomic mass is 9.85. The van der Waals surface area contributed by atoms with E-state index in [1.165, 1.54) is 0 Å². The lowest BCUT2D eigenvalue weighted by Crippen LogP contribution is -2.32. The minimum atomic E-state index is 0.0899. The average Bonchev–Trinajstić information content (AvgIpc) is 3.12. The van der Waals surface area contributed by atoms with Crippen LogP contribution in [0.1, 0.15) is 42.9 Å². The molecule has 7 heteroatoms. The predicted octanol–water partition coefficient (Wildman–Crippen LogP) is 4.94. The van der Waals surface area contributed by atoms with E-state index < -0.39 is 0 Å². The number of pyridine rings is 1. The molecular weight excluding hydrogens is 410 g/mol. The van der Waals surface area contributed by atoms with Crippen LogP contribution in [0.5, 0.6) is 0 Å². The number of aromatic nitrogens is 2. The van der Waals surface area contributed by atoms with E-state index in [4.69, 9.17) is 17.3 Å². The zero-order valence-corrected chi connectivity index (χ0v) is 18.8. The largest absolute Gasteiger partial charge is 0.396 e. The number of nitrogens with zero attached hydrogens (tertiary/aromatic N) is 4. The number of carbonyl (C=O) groups excluding carboxylic acids is 1. The Bertz CT molecular complexity index is 1200. The molecule has 0 aliphatic heterocycles. The molecule has 2 aromatic heterocycles. The van der Waals surface area contributed by atoms with E-state index in [0.717, 1.165) is 53.3 Å². The summed E-state index contributed by atoms with van der Waals surface area (Å²) in [5, 5.41) is 11.0. The van der Waals surface area contributed by atoms with E-state index in [0.29, 0.717) is 16.3 Å². The van der Waals surface area contributed by atoms with Gasteiger partial charge in [0.15, 0.2) is 0 Å². The maximum atomic E-state index is 12.4. The summed E-state index contributed by atoms with van der Waals surface area (Å²) in [7, 11) is 3.64. The van der Waals surface area contributed by atoms with Gasteiger partial charge in [-0.3, -0.25) is 9.78 Å². The van der Waals surface area contributed by atoms with Crippen LogP contribution in [0.2, 0.25) is 5.02 Å². The van der Waals surface area contributed by atoms with Gasteiger partial charge in [-0.05, 0) is 50.3 Å². The van der Waals surface area contributed by atoms with Crippen LogP contribution < -0.4 is 5.73 Å². The molecule has 6 nitrogen and oxygen atoms in total. The first-order chi connectivity index (χ1) is 14.8. The highest BCUT2D eigenvalue weighted by Crippen LogP contribution is 2.42. The average molecular weight is 436 g/mol. The molecule has 1 aliphatic rings. The molecule has 31 heavy (non-hydrogen) atoms. The van der Waals surface area contributed by atoms with Gasteiger partial charge in [-0.25, -0.2) is 0 Å². The van der Waals surface area contributed by atoms with Gasteiger partial charge in [0.1, 0.15) is 0 Å². The van der Waals surface area contributed by atoms with E-state index in [1.54, 1.807) is 17.3 Å². The molecule has 4 rings (SSSR count). The number of nitrogens with two attached hydrogens (primary N) is 1. The van der Waals surface area contributed by atoms with Crippen LogP contribution in [0.3, 0.4) is 0 Å². The van der Waals surface area contributed by atoms with Crippen molar-refractivity contribution >= 4 is 34.1 Å². The van der Waals surface area contributed by atoms with Crippen molar-refractivity contribution in [3.8, 4) is 17.2 Å². The number of halogens is 1. The Balaban J connectivity index is 1.80. The Morgan fingerprint density at radius 2 is 1.94 bits per heavy atom. The molecule has 1 saturated carbocycles. The number of hydrogen-bond donors (Lipinski definition) is 1. The highest BCUT2D eigenvalue weighted by atomic mass is 35.5. The molecule has 0 atom stereocenters. The van der Waals surface area contributed by atoms with Gasteiger partial charge in [0.25, 0.3) is 0 Å². The van der Waals surface area contributed by atoms with Gasteiger partial charge >= 0.3 is 0 Å². The first-order valence-corrected chi connectivity index (χ1v) is 10.9. The molecule has 0 radical (unpaired) electrons. The molecular formula is C24H26ClN5O. The molecule has 3 aromatic rings. The molecule has 0 saturated heterocycles. The third-order valence-electron chi connectivity index (χ3n) is 6.38. The van der Waals surface area contributed by atoms with Crippen molar-refractivity contribution in [2.75, 3.05) is 19.8 Å². The third kappa shape index (κ3) is 3.75. The number of aryl methyl sites for hydroxylation is 1. The number of rotatable bonds is 3. The molecule has 1 fully saturated rings. The molecule has 0 spiro atoms. The maximum Gasteiger partial charge on any atom is 0.225 e. The van der Waals surface area contributed by atoms with Crippen molar-refractivity contribution in [2.45, 2.75) is 38.6 Å². The summed E-state index contributed by atoms with van der Waals surface area (Å²) in [6.45, 7) is 1.96. The highest BCUT2D eigenvalue weighted by Gasteiger charge is 2.29. The van der Waals surface area contributed by atoms with Gasteiger partial charge in [-0.15, -0.1) is 0 Å². The van der Waals surface area contributed by atoms with Gasteiger partial charge in [0.2, 0.25) is 5.91 Å². The van der Waals surface area contributed by atoms with Crippen molar-refractivity contribution < 1.29 is 4.79 Å². The lowest BCUT2D eigenvalue weighted by Gasteiger charge is -2.30. The minimum Gasteiger partial charge on any atom is -0.396 e. The van der Waals surface area contributed by atoms with Crippen LogP contribution in [0.4, 0.5) is 5.69 Å². The first kappa shape index (κ1) is 21.2. The molecule has 2 heterocycles. The zero-order chi connectivity index (χ0) is 22.3. The Hall–Kier alpha value is -3.04. The van der Waals surface area contributed by atoms with Crippen LogP contribution in [0, 0.1) is 24.2 Å². The smallest absolute Gasteiger partial charge is 0.225 e. The molecule has 1 aliphatic carbocycles. The molecule has 1 aromatic carbocycles. The van der Waals surface area contributed by atoms with Crippen molar-refractivity contribution in [1.29, 1.82) is 5.26 Å². The Morgan fingerprint density at radius 1 is 1.23 bits per heavy atom. The van der Waals surface area contributed by atoms with E-state index >= 15 is 0 Å². The Labute approximate surface area is 187 Å². The SMILES string of the molecule is Cc1cc2c(cc1C#N)c(-c1cncc(N)c1Cl)cn2[C@H]1CC[C@H](C(=O)N(C)C)CC1. The molecule has 0 bridgehead atoms. The summed E-state index contributed by atoms with van der Waals surface area (Å²) in [5.74, 6) is 0.302. The Morgan fingerprint density at radius 3 is 2.58 bits per heavy atom. The second-order valence-corrected chi connectivity index (χ2v) is 8.95. The number of benzene rings is 1. The summed E-state index contributed by atoms with van der Waals surface area (Å²) in [4.78, 5) is 18.3. The summed E-state index contributed by atoms with van der Waals surface area (Å²) < 4.78 is 2.29. The number of anilines is 1. The van der Waals surface area contributed by atoms with E-state index in [9.17, 15) is 10.1 Å². The van der Waals surface area contributed by atoms with E-state index in [1.807, 2.05) is 27.1 Å². The fraction of sp³-hybridized carbons (Fsp3) is 0.375. The summed E-state index contributed by atoms with van der Waals surface area (Å²) in [6.07, 6.45) is 8.95. The maximum absolute atomic E-state index is 12.4. The highest BCUT2D eigenvalue weighted by molar-refractivity contribution is 6.36. The van der Waals surface area contributed by atoms with Crippen LogP contribution in [-0.2, 0) is 4.79 Å². The number of amides is 1.